The topological polar surface area (TPSA) is 203 Å². The van der Waals surface area contributed by atoms with E-state index in [0.29, 0.717) is 11.7 Å². The number of carbonyl (C=O) groups is 3. The van der Waals surface area contributed by atoms with Crippen LogP contribution in [0.1, 0.15) is 12.8 Å². The van der Waals surface area contributed by atoms with Gasteiger partial charge in [-0.1, -0.05) is 6.07 Å². The summed E-state index contributed by atoms with van der Waals surface area (Å²) in [7, 11) is 1.98. The number of hydrogen-bond acceptors (Lipinski definition) is 11. The van der Waals surface area contributed by atoms with Gasteiger partial charge in [-0.25, -0.2) is 9.78 Å². The van der Waals surface area contributed by atoms with Gasteiger partial charge in [0.25, 0.3) is 0 Å². The highest BCUT2D eigenvalue weighted by molar-refractivity contribution is 7.13. The Kier molecular flexibility index (Phi) is 7.15. The molecular weight excluding hydrogens is 458 g/mol. The minimum absolute atomic E-state index is 0.518. The molecule has 0 spiro atoms. The highest BCUT2D eigenvalue weighted by Crippen LogP contribution is 2.28. The van der Waals surface area contributed by atoms with Crippen molar-refractivity contribution in [3.63, 3.8) is 0 Å². The van der Waals surface area contributed by atoms with E-state index in [-0.39, 0.29) is 0 Å². The van der Waals surface area contributed by atoms with E-state index in [4.69, 9.17) is 20.4 Å². The highest BCUT2D eigenvalue weighted by Gasteiger charge is 2.40. The Morgan fingerprint density at radius 3 is 2.39 bits per heavy atom. The molecule has 5 N–H and O–H groups in total. The number of tetrazole rings is 1. The molecule has 1 saturated heterocycles. The minimum atomic E-state index is -2.74. The average molecular weight is 479 g/mol. The SMILES string of the molecule is CNC1CN(c2ncc(-c3cccs3)n3nnnc23)C1.O=C(O)CC(O)(CC(=O)O)C(=O)O. The third-order valence-electron chi connectivity index (χ3n) is 4.86. The summed E-state index contributed by atoms with van der Waals surface area (Å²) >= 11 is 1.65. The van der Waals surface area contributed by atoms with Gasteiger partial charge >= 0.3 is 17.9 Å². The summed E-state index contributed by atoms with van der Waals surface area (Å²) in [4.78, 5) is 38.3. The Balaban J connectivity index is 0.000000207. The van der Waals surface area contributed by atoms with Crippen LogP contribution in [-0.4, -0.2) is 95.1 Å². The smallest absolute Gasteiger partial charge is 0.336 e. The molecule has 0 radical (unpaired) electrons. The highest BCUT2D eigenvalue weighted by atomic mass is 32.1. The molecule has 0 atom stereocenters. The molecule has 3 aromatic rings. The normalized spacial score (nSPS) is 13.8. The van der Waals surface area contributed by atoms with Crippen molar-refractivity contribution >= 4 is 40.7 Å². The quantitative estimate of drug-likeness (QED) is 0.274. The van der Waals surface area contributed by atoms with Crippen molar-refractivity contribution in [2.24, 2.45) is 0 Å². The molecule has 0 aliphatic carbocycles. The summed E-state index contributed by atoms with van der Waals surface area (Å²) in [6, 6.07) is 4.57. The Hall–Kier alpha value is -3.69. The van der Waals surface area contributed by atoms with Gasteiger partial charge in [0.05, 0.1) is 23.9 Å². The number of thiophene rings is 1. The lowest BCUT2D eigenvalue weighted by Gasteiger charge is -2.39. The van der Waals surface area contributed by atoms with Crippen molar-refractivity contribution in [1.29, 1.82) is 0 Å². The lowest BCUT2D eigenvalue weighted by Crippen LogP contribution is -2.57. The number of hydrogen-bond donors (Lipinski definition) is 5. The zero-order valence-corrected chi connectivity index (χ0v) is 18.1. The van der Waals surface area contributed by atoms with Gasteiger partial charge < -0.3 is 30.6 Å². The monoisotopic (exact) mass is 479 g/mol. The number of aromatic nitrogens is 5. The third kappa shape index (κ3) is 5.39. The number of nitrogens with one attached hydrogen (secondary N) is 1. The van der Waals surface area contributed by atoms with Crippen molar-refractivity contribution in [2.75, 3.05) is 25.0 Å². The van der Waals surface area contributed by atoms with Gasteiger partial charge in [0.15, 0.2) is 11.4 Å². The molecular formula is C18H21N7O7S. The number of aliphatic carboxylic acids is 3. The molecule has 33 heavy (non-hydrogen) atoms. The third-order valence-corrected chi connectivity index (χ3v) is 5.75. The molecule has 1 fully saturated rings. The van der Waals surface area contributed by atoms with Crippen LogP contribution in [0.5, 0.6) is 0 Å². The fraction of sp³-hybridized carbons (Fsp3) is 0.389. The first-order valence-electron chi connectivity index (χ1n) is 9.57. The number of anilines is 1. The molecule has 14 nitrogen and oxygen atoms in total. The van der Waals surface area contributed by atoms with Crippen LogP contribution in [0.3, 0.4) is 0 Å². The molecule has 4 rings (SSSR count). The van der Waals surface area contributed by atoms with Gasteiger partial charge in [0.1, 0.15) is 5.69 Å². The first kappa shape index (κ1) is 24.0. The fourth-order valence-corrected chi connectivity index (χ4v) is 3.81. The minimum Gasteiger partial charge on any atom is -0.481 e. The van der Waals surface area contributed by atoms with E-state index in [2.05, 4.69) is 30.7 Å². The molecule has 3 aromatic heterocycles. The van der Waals surface area contributed by atoms with Crippen LogP contribution in [0, 0.1) is 0 Å². The zero-order chi connectivity index (χ0) is 24.2. The van der Waals surface area contributed by atoms with Gasteiger partial charge in [-0.2, -0.15) is 4.52 Å². The molecule has 176 valence electrons. The number of aliphatic hydroxyl groups is 1. The van der Waals surface area contributed by atoms with Crippen LogP contribution in [0.2, 0.25) is 0 Å². The van der Waals surface area contributed by atoms with Crippen LogP contribution < -0.4 is 10.2 Å². The van der Waals surface area contributed by atoms with Crippen molar-refractivity contribution in [3.8, 4) is 10.6 Å². The van der Waals surface area contributed by atoms with E-state index in [0.717, 1.165) is 29.5 Å². The Morgan fingerprint density at radius 1 is 1.21 bits per heavy atom. The first-order valence-corrected chi connectivity index (χ1v) is 10.4. The fourth-order valence-electron chi connectivity index (χ4n) is 3.09. The van der Waals surface area contributed by atoms with E-state index in [1.807, 2.05) is 30.8 Å². The number of likely N-dealkylation sites (N-methyl/N-ethyl adjacent to an activating group) is 1. The number of rotatable bonds is 8. The van der Waals surface area contributed by atoms with E-state index in [9.17, 15) is 14.4 Å². The predicted molar refractivity (Wildman–Crippen MR) is 114 cm³/mol. The molecule has 0 saturated carbocycles. The van der Waals surface area contributed by atoms with Crippen molar-refractivity contribution in [1.82, 2.24) is 30.3 Å². The Labute approximate surface area is 190 Å². The molecule has 0 aromatic carbocycles. The summed E-state index contributed by atoms with van der Waals surface area (Å²) in [5, 5.41) is 51.1. The maximum absolute atomic E-state index is 10.3. The van der Waals surface area contributed by atoms with Crippen LogP contribution in [0.15, 0.2) is 23.7 Å². The molecule has 1 aliphatic heterocycles. The second-order valence-electron chi connectivity index (χ2n) is 7.23. The van der Waals surface area contributed by atoms with Gasteiger partial charge in [0.2, 0.25) is 5.65 Å². The van der Waals surface area contributed by atoms with Gasteiger partial charge in [0, 0.05) is 19.1 Å². The molecule has 4 heterocycles. The Bertz CT molecular complexity index is 1130. The standard InChI is InChI=1S/C12H13N7S.C6H8O7/c1-13-8-6-18(7-8)11-12-15-16-17-19(12)9(5-14-11)10-3-2-4-20-10;7-3(8)1-6(13,5(11)12)2-4(9)10/h2-5,8,13H,6-7H2,1H3;13H,1-2H2,(H,7,8)(H,9,10)(H,11,12). The number of fused-ring (bicyclic) bond motifs is 1. The average Bonchev–Trinajstić information content (AvgIpc) is 3.39. The van der Waals surface area contributed by atoms with E-state index < -0.39 is 36.4 Å². The van der Waals surface area contributed by atoms with Crippen molar-refractivity contribution in [2.45, 2.75) is 24.5 Å². The maximum atomic E-state index is 10.3. The Morgan fingerprint density at radius 2 is 1.88 bits per heavy atom. The van der Waals surface area contributed by atoms with Crippen molar-refractivity contribution in [3.05, 3.63) is 23.7 Å². The zero-order valence-electron chi connectivity index (χ0n) is 17.3. The second kappa shape index (κ2) is 9.85. The number of carboxylic acid groups (broad SMARTS) is 3. The van der Waals surface area contributed by atoms with Crippen LogP contribution in [-0.2, 0) is 14.4 Å². The summed E-state index contributed by atoms with van der Waals surface area (Å²) in [6.45, 7) is 1.87. The van der Waals surface area contributed by atoms with Crippen LogP contribution in [0.4, 0.5) is 5.82 Å². The predicted octanol–water partition coefficient (Wildman–Crippen LogP) is -0.593. The summed E-state index contributed by atoms with van der Waals surface area (Å²) < 4.78 is 1.76. The molecule has 1 aliphatic rings. The molecule has 0 unspecified atom stereocenters. The van der Waals surface area contributed by atoms with Gasteiger partial charge in [-0.3, -0.25) is 9.59 Å². The van der Waals surface area contributed by atoms with E-state index >= 15 is 0 Å². The molecule has 15 heteroatoms. The summed E-state index contributed by atoms with van der Waals surface area (Å²) in [5.41, 5.74) is -1.10. The molecule has 0 bridgehead atoms. The second-order valence-corrected chi connectivity index (χ2v) is 8.17. The summed E-state index contributed by atoms with van der Waals surface area (Å²) in [5.74, 6) is -4.17. The largest absolute Gasteiger partial charge is 0.481 e. The van der Waals surface area contributed by atoms with Gasteiger partial charge in [-0.05, 0) is 28.9 Å². The maximum Gasteiger partial charge on any atom is 0.336 e. The van der Waals surface area contributed by atoms with Crippen LogP contribution >= 0.6 is 11.3 Å². The summed E-state index contributed by atoms with van der Waals surface area (Å²) in [6.07, 6.45) is -0.444. The number of nitrogens with zero attached hydrogens (tertiary/aromatic N) is 6. The number of carboxylic acids is 3. The van der Waals surface area contributed by atoms with Crippen molar-refractivity contribution < 1.29 is 34.8 Å². The van der Waals surface area contributed by atoms with Crippen LogP contribution in [0.25, 0.3) is 16.2 Å². The van der Waals surface area contributed by atoms with E-state index in [1.54, 1.807) is 15.9 Å². The first-order chi connectivity index (χ1) is 15.6. The van der Waals surface area contributed by atoms with Gasteiger partial charge in [-0.15, -0.1) is 16.4 Å². The lowest BCUT2D eigenvalue weighted by atomic mass is 9.96. The van der Waals surface area contributed by atoms with E-state index in [1.165, 1.54) is 0 Å². The molecule has 0 amide bonds. The lowest BCUT2D eigenvalue weighted by molar-refractivity contribution is -0.170.